The van der Waals surface area contributed by atoms with Crippen molar-refractivity contribution in [2.45, 2.75) is 34.1 Å². The van der Waals surface area contributed by atoms with Crippen LogP contribution in [0.25, 0.3) is 10.6 Å². The molecule has 1 aliphatic heterocycles. The molecule has 2 aromatic carbocycles. The Labute approximate surface area is 198 Å². The average Bonchev–Trinajstić information content (AvgIpc) is 3.26. The number of hydrogen-bond donors (Lipinski definition) is 1. The van der Waals surface area contributed by atoms with Crippen LogP contribution in [0.3, 0.4) is 0 Å². The maximum Gasteiger partial charge on any atom is 0.275 e. The van der Waals surface area contributed by atoms with E-state index in [4.69, 9.17) is 4.74 Å². The van der Waals surface area contributed by atoms with Gasteiger partial charge in [-0.2, -0.15) is 0 Å². The monoisotopic (exact) mass is 463 g/mol. The van der Waals surface area contributed by atoms with Gasteiger partial charge in [0.1, 0.15) is 23.1 Å². The van der Waals surface area contributed by atoms with Gasteiger partial charge >= 0.3 is 0 Å². The molecule has 0 saturated heterocycles. The van der Waals surface area contributed by atoms with Crippen LogP contribution in [0.4, 0.5) is 11.4 Å². The number of anilines is 2. The fourth-order valence-electron chi connectivity index (χ4n) is 3.62. The number of aromatic nitrogens is 1. The standard InChI is InChI=1S/C26H29N3O3S/c1-17(2)12-13-29-21-11-10-19(14-22(21)32-16-26(3,4)25(29)31)27-23(30)20-15-33-24(28-20)18-8-6-5-7-9-18/h5-11,14-15,17H,12-13,16H2,1-4H3,(H,27,30). The lowest BCUT2D eigenvalue weighted by molar-refractivity contribution is -0.127. The number of nitrogens with one attached hydrogen (secondary N) is 1. The molecule has 0 spiro atoms. The molecule has 1 aliphatic rings. The highest BCUT2D eigenvalue weighted by Crippen LogP contribution is 2.38. The van der Waals surface area contributed by atoms with Crippen molar-refractivity contribution in [3.05, 3.63) is 59.6 Å². The van der Waals surface area contributed by atoms with E-state index in [0.29, 0.717) is 29.6 Å². The first-order valence-electron chi connectivity index (χ1n) is 11.2. The van der Waals surface area contributed by atoms with Crippen molar-refractivity contribution in [2.75, 3.05) is 23.4 Å². The van der Waals surface area contributed by atoms with Crippen LogP contribution in [0.5, 0.6) is 5.75 Å². The molecule has 0 fully saturated rings. The summed E-state index contributed by atoms with van der Waals surface area (Å²) in [6, 6.07) is 15.2. The summed E-state index contributed by atoms with van der Waals surface area (Å²) in [6.45, 7) is 9.00. The van der Waals surface area contributed by atoms with Gasteiger partial charge in [-0.15, -0.1) is 11.3 Å². The maximum absolute atomic E-state index is 13.2. The third-order valence-corrected chi connectivity index (χ3v) is 6.50. The first-order chi connectivity index (χ1) is 15.7. The number of fused-ring (bicyclic) bond motifs is 1. The van der Waals surface area contributed by atoms with Crippen LogP contribution in [0, 0.1) is 11.3 Å². The Morgan fingerprint density at radius 3 is 2.70 bits per heavy atom. The van der Waals surface area contributed by atoms with Crippen LogP contribution in [0.15, 0.2) is 53.9 Å². The second-order valence-electron chi connectivity index (χ2n) is 9.35. The molecule has 0 saturated carbocycles. The van der Waals surface area contributed by atoms with Crippen LogP contribution >= 0.6 is 11.3 Å². The van der Waals surface area contributed by atoms with Crippen molar-refractivity contribution in [3.8, 4) is 16.3 Å². The quantitative estimate of drug-likeness (QED) is 0.497. The third kappa shape index (κ3) is 5.09. The van der Waals surface area contributed by atoms with Crippen LogP contribution in [-0.4, -0.2) is 29.9 Å². The molecule has 0 radical (unpaired) electrons. The second-order valence-corrected chi connectivity index (χ2v) is 10.2. The lowest BCUT2D eigenvalue weighted by Crippen LogP contribution is -2.42. The summed E-state index contributed by atoms with van der Waals surface area (Å²) in [5, 5.41) is 5.47. The van der Waals surface area contributed by atoms with E-state index < -0.39 is 5.41 Å². The van der Waals surface area contributed by atoms with Gasteiger partial charge in [0.2, 0.25) is 5.91 Å². The van der Waals surface area contributed by atoms with Crippen LogP contribution in [0.2, 0.25) is 0 Å². The number of hydrogen-bond acceptors (Lipinski definition) is 5. The number of benzene rings is 2. The van der Waals surface area contributed by atoms with Crippen molar-refractivity contribution in [1.82, 2.24) is 4.98 Å². The average molecular weight is 464 g/mol. The Bertz CT molecular complexity index is 1150. The van der Waals surface area contributed by atoms with E-state index >= 15 is 0 Å². The largest absolute Gasteiger partial charge is 0.490 e. The topological polar surface area (TPSA) is 71.5 Å². The molecular formula is C26H29N3O3S. The lowest BCUT2D eigenvalue weighted by atomic mass is 9.92. The van der Waals surface area contributed by atoms with Crippen LogP contribution in [-0.2, 0) is 4.79 Å². The molecule has 1 aromatic heterocycles. The first-order valence-corrected chi connectivity index (χ1v) is 12.0. The zero-order valence-corrected chi connectivity index (χ0v) is 20.2. The van der Waals surface area contributed by atoms with Gasteiger partial charge in [0.25, 0.3) is 5.91 Å². The minimum absolute atomic E-state index is 0.0506. The Hall–Kier alpha value is -3.19. The third-order valence-electron chi connectivity index (χ3n) is 5.61. The fourth-order valence-corrected chi connectivity index (χ4v) is 4.43. The number of carbonyl (C=O) groups excluding carboxylic acids is 2. The molecule has 172 valence electrons. The maximum atomic E-state index is 13.2. The van der Waals surface area contributed by atoms with Gasteiger partial charge in [0.05, 0.1) is 11.1 Å². The molecule has 7 heteroatoms. The Morgan fingerprint density at radius 1 is 1.21 bits per heavy atom. The Balaban J connectivity index is 1.55. The Morgan fingerprint density at radius 2 is 1.97 bits per heavy atom. The molecule has 3 aromatic rings. The summed E-state index contributed by atoms with van der Waals surface area (Å²) in [7, 11) is 0. The van der Waals surface area contributed by atoms with E-state index in [0.717, 1.165) is 22.7 Å². The minimum atomic E-state index is -0.631. The van der Waals surface area contributed by atoms with Gasteiger partial charge in [0.15, 0.2) is 0 Å². The number of thiazole rings is 1. The molecular weight excluding hydrogens is 434 g/mol. The van der Waals surface area contributed by atoms with Crippen molar-refractivity contribution >= 4 is 34.5 Å². The summed E-state index contributed by atoms with van der Waals surface area (Å²) in [4.78, 5) is 32.3. The summed E-state index contributed by atoms with van der Waals surface area (Å²) in [6.07, 6.45) is 0.896. The first kappa shape index (κ1) is 23.0. The molecule has 0 unspecified atom stereocenters. The minimum Gasteiger partial charge on any atom is -0.490 e. The van der Waals surface area contributed by atoms with Gasteiger partial charge in [-0.1, -0.05) is 44.2 Å². The SMILES string of the molecule is CC(C)CCN1C(=O)C(C)(C)COc2cc(NC(=O)c3csc(-c4ccccc4)n3)ccc21. The highest BCUT2D eigenvalue weighted by atomic mass is 32.1. The zero-order valence-electron chi connectivity index (χ0n) is 19.4. The summed E-state index contributed by atoms with van der Waals surface area (Å²) in [5.74, 6) is 0.842. The van der Waals surface area contributed by atoms with Crippen molar-refractivity contribution in [2.24, 2.45) is 11.3 Å². The number of carbonyl (C=O) groups is 2. The van der Waals surface area contributed by atoms with E-state index in [1.807, 2.05) is 55.1 Å². The van der Waals surface area contributed by atoms with Gasteiger partial charge in [-0.25, -0.2) is 4.98 Å². The van der Waals surface area contributed by atoms with Crippen LogP contribution in [0.1, 0.15) is 44.6 Å². The van der Waals surface area contributed by atoms with Crippen molar-refractivity contribution in [1.29, 1.82) is 0 Å². The van der Waals surface area contributed by atoms with E-state index in [1.54, 1.807) is 17.5 Å². The summed E-state index contributed by atoms with van der Waals surface area (Å²) >= 11 is 1.43. The predicted octanol–water partition coefficient (Wildman–Crippen LogP) is 5.86. The molecule has 0 bridgehead atoms. The normalized spacial score (nSPS) is 15.1. The van der Waals surface area contributed by atoms with Crippen molar-refractivity contribution in [3.63, 3.8) is 0 Å². The number of nitrogens with zero attached hydrogens (tertiary/aromatic N) is 2. The highest BCUT2D eigenvalue weighted by Gasteiger charge is 2.37. The van der Waals surface area contributed by atoms with Gasteiger partial charge in [-0.3, -0.25) is 9.59 Å². The van der Waals surface area contributed by atoms with E-state index in [1.165, 1.54) is 11.3 Å². The summed E-state index contributed by atoms with van der Waals surface area (Å²) in [5.41, 5.74) is 2.06. The van der Waals surface area contributed by atoms with Gasteiger partial charge < -0.3 is 15.0 Å². The molecule has 0 atom stereocenters. The molecule has 4 rings (SSSR count). The molecule has 0 aliphatic carbocycles. The molecule has 1 N–H and O–H groups in total. The smallest absolute Gasteiger partial charge is 0.275 e. The molecule has 2 heterocycles. The van der Waals surface area contributed by atoms with Crippen LogP contribution < -0.4 is 15.0 Å². The number of ether oxygens (including phenoxy) is 1. The van der Waals surface area contributed by atoms with E-state index in [2.05, 4.69) is 24.1 Å². The zero-order chi connectivity index (χ0) is 23.6. The molecule has 2 amide bonds. The molecule has 33 heavy (non-hydrogen) atoms. The van der Waals surface area contributed by atoms with E-state index in [-0.39, 0.29) is 18.4 Å². The lowest BCUT2D eigenvalue weighted by Gasteiger charge is -2.28. The fraction of sp³-hybridized carbons (Fsp3) is 0.346. The van der Waals surface area contributed by atoms with Gasteiger partial charge in [0, 0.05) is 29.2 Å². The number of amides is 2. The summed E-state index contributed by atoms with van der Waals surface area (Å²) < 4.78 is 6.03. The number of rotatable bonds is 6. The van der Waals surface area contributed by atoms with Gasteiger partial charge in [-0.05, 0) is 38.3 Å². The Kier molecular flexibility index (Phi) is 6.51. The molecule has 6 nitrogen and oxygen atoms in total. The second kappa shape index (κ2) is 9.35. The van der Waals surface area contributed by atoms with E-state index in [9.17, 15) is 9.59 Å². The highest BCUT2D eigenvalue weighted by molar-refractivity contribution is 7.13. The predicted molar refractivity (Wildman–Crippen MR) is 133 cm³/mol. The van der Waals surface area contributed by atoms with Crippen molar-refractivity contribution < 1.29 is 14.3 Å².